The van der Waals surface area contributed by atoms with Gasteiger partial charge < -0.3 is 40.2 Å². The van der Waals surface area contributed by atoms with Crippen molar-refractivity contribution >= 4 is 55.8 Å². The summed E-state index contributed by atoms with van der Waals surface area (Å²) in [5.41, 5.74) is 1.10. The molecule has 5 N–H and O–H groups in total. The van der Waals surface area contributed by atoms with E-state index >= 15 is 0 Å². The standard InChI is InChI=1S/C8H11NO.C5H13N.C5H10O.C4H10O2S2.C3H8O.C2H6O.2ClH/c1-9-7-3-5-8(10-2)6-4-7;1-3-4-5-6-2;1-2-4-6-5-3-1;5-3(1-7)4(6)2-8;1-3-4-2;1-2-3;;/h3-6,9H,1-2H3;6H,3-5H2,1-2H3;1-5H2;3-8H,1-2H2;3H2,1-2H3;3H,2H2,1H3;2*1H/t;;;3-,4-;;;;/m...1..../s1. The van der Waals surface area contributed by atoms with Crippen LogP contribution in [0.3, 0.4) is 0 Å². The van der Waals surface area contributed by atoms with E-state index in [2.05, 4.69) is 47.6 Å². The number of methoxy groups -OCH3 is 2. The molecule has 0 radical (unpaired) electrons. The molecule has 1 aromatic rings. The molecule has 1 aliphatic rings. The number of halogens is 2. The first-order valence-electron chi connectivity index (χ1n) is 13.0. The Morgan fingerprint density at radius 2 is 1.33 bits per heavy atom. The minimum absolute atomic E-state index is 0. The third kappa shape index (κ3) is 48.0. The maximum absolute atomic E-state index is 8.75. The molecule has 0 saturated carbocycles. The normalized spacial score (nSPS) is 12.3. The van der Waals surface area contributed by atoms with Crippen LogP contribution in [-0.4, -0.2) is 100 Å². The molecule has 0 unspecified atom stereocenters. The number of benzene rings is 1. The van der Waals surface area contributed by atoms with Gasteiger partial charge in [-0.05, 0) is 77.4 Å². The molecule has 1 fully saturated rings. The highest BCUT2D eigenvalue weighted by Gasteiger charge is 2.10. The van der Waals surface area contributed by atoms with E-state index < -0.39 is 12.2 Å². The highest BCUT2D eigenvalue weighted by Crippen LogP contribution is 2.13. The average Bonchev–Trinajstić information content (AvgIpc) is 2.97. The molecule has 12 heteroatoms. The highest BCUT2D eigenvalue weighted by molar-refractivity contribution is 7.80. The largest absolute Gasteiger partial charge is 0.497 e. The molecule has 0 aromatic heterocycles. The smallest absolute Gasteiger partial charge is 0.119 e. The molecular weight excluding hydrogens is 583 g/mol. The molecule has 0 amide bonds. The van der Waals surface area contributed by atoms with Crippen LogP contribution in [-0.2, 0) is 9.47 Å². The lowest BCUT2D eigenvalue weighted by atomic mass is 10.2. The van der Waals surface area contributed by atoms with Gasteiger partial charge >= 0.3 is 0 Å². The van der Waals surface area contributed by atoms with Crippen molar-refractivity contribution in [1.82, 2.24) is 5.32 Å². The fourth-order valence-corrected chi connectivity index (χ4v) is 2.53. The molecule has 240 valence electrons. The molecule has 0 spiro atoms. The van der Waals surface area contributed by atoms with Gasteiger partial charge in [-0.25, -0.2) is 0 Å². The zero-order valence-electron chi connectivity index (χ0n) is 25.2. The summed E-state index contributed by atoms with van der Waals surface area (Å²) in [6, 6.07) is 7.79. The van der Waals surface area contributed by atoms with Gasteiger partial charge in [0.2, 0.25) is 0 Å². The first kappa shape index (κ1) is 51.6. The van der Waals surface area contributed by atoms with Crippen molar-refractivity contribution in [3.63, 3.8) is 0 Å². The Labute approximate surface area is 263 Å². The van der Waals surface area contributed by atoms with Gasteiger partial charge in [0.1, 0.15) is 5.75 Å². The van der Waals surface area contributed by atoms with Gasteiger partial charge in [0, 0.05) is 57.8 Å². The zero-order valence-corrected chi connectivity index (χ0v) is 28.6. The molecule has 1 aromatic carbocycles. The summed E-state index contributed by atoms with van der Waals surface area (Å²) in [6.07, 6.45) is 5.05. The first-order valence-corrected chi connectivity index (χ1v) is 14.3. The maximum Gasteiger partial charge on any atom is 0.119 e. The van der Waals surface area contributed by atoms with Crippen LogP contribution in [0.5, 0.6) is 5.75 Å². The second kappa shape index (κ2) is 47.6. The number of anilines is 1. The van der Waals surface area contributed by atoms with Crippen molar-refractivity contribution in [3.8, 4) is 5.75 Å². The predicted molar refractivity (Wildman–Crippen MR) is 181 cm³/mol. The number of aliphatic hydroxyl groups is 3. The second-order valence-corrected chi connectivity index (χ2v) is 8.23. The molecule has 39 heavy (non-hydrogen) atoms. The van der Waals surface area contributed by atoms with Crippen molar-refractivity contribution in [2.24, 2.45) is 0 Å². The van der Waals surface area contributed by atoms with Crippen LogP contribution >= 0.6 is 50.1 Å². The molecule has 2 atom stereocenters. The Bertz CT molecular complexity index is 461. The van der Waals surface area contributed by atoms with Crippen LogP contribution in [0.15, 0.2) is 24.3 Å². The topological polar surface area (TPSA) is 112 Å². The van der Waals surface area contributed by atoms with Crippen molar-refractivity contribution in [2.75, 3.05) is 78.1 Å². The summed E-state index contributed by atoms with van der Waals surface area (Å²) in [6.45, 7) is 10.1. The lowest BCUT2D eigenvalue weighted by molar-refractivity contribution is 0.0504. The van der Waals surface area contributed by atoms with Crippen LogP contribution in [0.4, 0.5) is 5.69 Å². The van der Waals surface area contributed by atoms with E-state index in [0.29, 0.717) is 0 Å². The van der Waals surface area contributed by atoms with E-state index in [4.69, 9.17) is 24.8 Å². The van der Waals surface area contributed by atoms with E-state index in [9.17, 15) is 0 Å². The van der Waals surface area contributed by atoms with Crippen molar-refractivity contribution in [3.05, 3.63) is 24.3 Å². The van der Waals surface area contributed by atoms with Crippen LogP contribution in [0, 0.1) is 0 Å². The van der Waals surface area contributed by atoms with E-state index in [0.717, 1.165) is 37.8 Å². The third-order valence-electron chi connectivity index (χ3n) is 4.34. The number of aliphatic hydroxyl groups excluding tert-OH is 3. The van der Waals surface area contributed by atoms with Crippen molar-refractivity contribution in [1.29, 1.82) is 0 Å². The van der Waals surface area contributed by atoms with Crippen LogP contribution in [0.2, 0.25) is 0 Å². The van der Waals surface area contributed by atoms with Crippen molar-refractivity contribution < 1.29 is 29.5 Å². The third-order valence-corrected chi connectivity index (χ3v) is 5.09. The number of ether oxygens (including phenoxy) is 3. The summed E-state index contributed by atoms with van der Waals surface area (Å²) >= 11 is 7.53. The van der Waals surface area contributed by atoms with Gasteiger partial charge in [0.05, 0.1) is 19.3 Å². The SMILES string of the molecule is C1CCOCC1.CCCCNC.CCO.CCOC.CNc1ccc(OC)cc1.Cl.Cl.O[C@H](CS)[C@H](O)CS. The Morgan fingerprint density at radius 3 is 1.51 bits per heavy atom. The number of hydrogen-bond acceptors (Lipinski definition) is 10. The molecular formula is C27H60Cl2N2O6S2. The zero-order chi connectivity index (χ0) is 29.2. The van der Waals surface area contributed by atoms with E-state index in [1.54, 1.807) is 21.1 Å². The summed E-state index contributed by atoms with van der Waals surface area (Å²) in [5.74, 6) is 1.45. The minimum atomic E-state index is -0.740. The number of thiol groups is 2. The number of rotatable bonds is 9. The first-order chi connectivity index (χ1) is 17.8. The second-order valence-electron chi connectivity index (χ2n) is 7.50. The number of unbranched alkanes of at least 4 members (excludes halogenated alkanes) is 1. The van der Waals surface area contributed by atoms with Gasteiger partial charge in [-0.15, -0.1) is 24.8 Å². The predicted octanol–water partition coefficient (Wildman–Crippen LogP) is 4.99. The number of nitrogens with one attached hydrogen (secondary N) is 2. The monoisotopic (exact) mass is 642 g/mol. The average molecular weight is 644 g/mol. The van der Waals surface area contributed by atoms with Gasteiger partial charge in [0.15, 0.2) is 0 Å². The van der Waals surface area contributed by atoms with Gasteiger partial charge in [-0.1, -0.05) is 13.3 Å². The van der Waals surface area contributed by atoms with E-state index in [1.807, 2.05) is 45.3 Å². The Hall–Kier alpha value is -0.140. The summed E-state index contributed by atoms with van der Waals surface area (Å²) in [5, 5.41) is 31.2. The Balaban J connectivity index is -0.0000000862. The lowest BCUT2D eigenvalue weighted by Gasteiger charge is -2.11. The Kier molecular flexibility index (Phi) is 63.0. The van der Waals surface area contributed by atoms with Gasteiger partial charge in [-0.2, -0.15) is 25.3 Å². The molecule has 1 heterocycles. The van der Waals surface area contributed by atoms with Gasteiger partial charge in [0.25, 0.3) is 0 Å². The van der Waals surface area contributed by atoms with Crippen LogP contribution < -0.4 is 15.4 Å². The van der Waals surface area contributed by atoms with Crippen molar-refractivity contribution in [2.45, 2.75) is 65.1 Å². The van der Waals surface area contributed by atoms with Gasteiger partial charge in [-0.3, -0.25) is 0 Å². The highest BCUT2D eigenvalue weighted by atomic mass is 35.5. The number of hydrogen-bond donors (Lipinski definition) is 7. The van der Waals surface area contributed by atoms with Crippen LogP contribution in [0.25, 0.3) is 0 Å². The maximum atomic E-state index is 8.75. The minimum Gasteiger partial charge on any atom is -0.497 e. The molecule has 0 aliphatic carbocycles. The molecule has 0 bridgehead atoms. The molecule has 1 saturated heterocycles. The Morgan fingerprint density at radius 1 is 0.897 bits per heavy atom. The fraction of sp³-hybridized carbons (Fsp3) is 0.778. The van der Waals surface area contributed by atoms with E-state index in [-0.39, 0.29) is 42.9 Å². The fourth-order valence-electron chi connectivity index (χ4n) is 2.04. The molecule has 1 aliphatic heterocycles. The quantitative estimate of drug-likeness (QED) is 0.149. The summed E-state index contributed by atoms with van der Waals surface area (Å²) in [7, 11) is 7.21. The molecule has 2 rings (SSSR count). The van der Waals surface area contributed by atoms with Crippen LogP contribution in [0.1, 0.15) is 52.9 Å². The molecule has 8 nitrogen and oxygen atoms in total. The lowest BCUT2D eigenvalue weighted by Crippen LogP contribution is -2.28. The summed E-state index contributed by atoms with van der Waals surface area (Å²) in [4.78, 5) is 0. The summed E-state index contributed by atoms with van der Waals surface area (Å²) < 4.78 is 14.6. The van der Waals surface area contributed by atoms with E-state index in [1.165, 1.54) is 32.1 Å².